The number of ketones is 1. The van der Waals surface area contributed by atoms with Gasteiger partial charge < -0.3 is 19.7 Å². The molecule has 10 nitrogen and oxygen atoms in total. The first kappa shape index (κ1) is 28.9. The average Bonchev–Trinajstić information content (AvgIpc) is 3.39. The summed E-state index contributed by atoms with van der Waals surface area (Å²) < 4.78 is 12.7. The van der Waals surface area contributed by atoms with E-state index in [4.69, 9.17) is 44.3 Å². The molecule has 0 aliphatic carbocycles. The minimum Gasteiger partial charge on any atom is -0.444 e. The standard InChI is InChI=1S/C27H31Cl3N6O4/c1-14-24(36-10-8-27(9-11-36)13-39-12-17(27)32-25(38)40-26(2,3)4)33-22(29)20(31-14)21(37)15-6-7-16-18(19(15)28)23(30)35(5)34-16/h6-7,17H,8-13H2,1-5H3,(H,32,38)/t17-/m1/s1. The maximum atomic E-state index is 13.5. The quantitative estimate of drug-likeness (QED) is 0.393. The molecule has 0 unspecified atom stereocenters. The highest BCUT2D eigenvalue weighted by Crippen LogP contribution is 2.41. The summed E-state index contributed by atoms with van der Waals surface area (Å²) in [5.41, 5.74) is 0.619. The third-order valence-electron chi connectivity index (χ3n) is 7.49. The molecule has 5 rings (SSSR count). The van der Waals surface area contributed by atoms with Crippen LogP contribution in [0.2, 0.25) is 15.3 Å². The summed E-state index contributed by atoms with van der Waals surface area (Å²) in [6, 6.07) is 3.13. The number of hydrogen-bond donors (Lipinski definition) is 1. The van der Waals surface area contributed by atoms with Crippen LogP contribution in [0.1, 0.15) is 55.4 Å². The van der Waals surface area contributed by atoms with E-state index in [1.54, 1.807) is 26.1 Å². The van der Waals surface area contributed by atoms with Gasteiger partial charge in [0.25, 0.3) is 0 Å². The largest absolute Gasteiger partial charge is 0.444 e. The Hall–Kier alpha value is -2.66. The van der Waals surface area contributed by atoms with Crippen LogP contribution in [0.15, 0.2) is 12.1 Å². The van der Waals surface area contributed by atoms with Gasteiger partial charge in [0.05, 0.1) is 40.9 Å². The molecule has 4 heterocycles. The number of rotatable bonds is 4. The van der Waals surface area contributed by atoms with E-state index in [1.165, 1.54) is 4.68 Å². The number of benzene rings is 1. The number of alkyl carbamates (subject to hydrolysis) is 1. The van der Waals surface area contributed by atoms with Gasteiger partial charge in [0.2, 0.25) is 5.78 Å². The van der Waals surface area contributed by atoms with Crippen LogP contribution in [0.25, 0.3) is 10.9 Å². The van der Waals surface area contributed by atoms with E-state index in [0.29, 0.717) is 53.9 Å². The van der Waals surface area contributed by atoms with Gasteiger partial charge in [-0.1, -0.05) is 34.8 Å². The summed E-state index contributed by atoms with van der Waals surface area (Å²) in [4.78, 5) is 37.1. The first-order valence-electron chi connectivity index (χ1n) is 13.0. The SMILES string of the molecule is Cc1nc(C(=O)c2ccc3nn(C)c(Cl)c3c2Cl)c(Cl)nc1N1CCC2(CC1)COC[C@H]2NC(=O)OC(C)(C)C. The number of hydrogen-bond acceptors (Lipinski definition) is 8. The summed E-state index contributed by atoms with van der Waals surface area (Å²) in [6.45, 7) is 9.64. The second-order valence-electron chi connectivity index (χ2n) is 11.4. The second kappa shape index (κ2) is 10.6. The lowest BCUT2D eigenvalue weighted by molar-refractivity contribution is 0.0455. The highest BCUT2D eigenvalue weighted by molar-refractivity contribution is 6.44. The van der Waals surface area contributed by atoms with Crippen molar-refractivity contribution in [2.24, 2.45) is 12.5 Å². The summed E-state index contributed by atoms with van der Waals surface area (Å²) in [6.07, 6.45) is 1.10. The molecule has 2 aromatic heterocycles. The molecule has 1 amide bonds. The fourth-order valence-corrected chi connectivity index (χ4v) is 6.23. The molecule has 214 valence electrons. The molecule has 2 saturated heterocycles. The number of fused-ring (bicyclic) bond motifs is 1. The molecule has 1 N–H and O–H groups in total. The zero-order chi connectivity index (χ0) is 29.0. The zero-order valence-electron chi connectivity index (χ0n) is 23.0. The Morgan fingerprint density at radius 3 is 2.52 bits per heavy atom. The fourth-order valence-electron chi connectivity index (χ4n) is 5.41. The predicted molar refractivity (Wildman–Crippen MR) is 154 cm³/mol. The van der Waals surface area contributed by atoms with Gasteiger partial charge in [-0.15, -0.1) is 0 Å². The van der Waals surface area contributed by atoms with Crippen molar-refractivity contribution in [3.05, 3.63) is 44.4 Å². The summed E-state index contributed by atoms with van der Waals surface area (Å²) >= 11 is 19.5. The molecule has 1 atom stereocenters. The molecule has 2 aliphatic rings. The monoisotopic (exact) mass is 608 g/mol. The van der Waals surface area contributed by atoms with Gasteiger partial charge in [0.1, 0.15) is 16.4 Å². The van der Waals surface area contributed by atoms with E-state index in [-0.39, 0.29) is 32.9 Å². The van der Waals surface area contributed by atoms with Gasteiger partial charge in [-0.25, -0.2) is 14.8 Å². The minimum atomic E-state index is -0.576. The van der Waals surface area contributed by atoms with Crippen LogP contribution in [0.4, 0.5) is 10.6 Å². The summed E-state index contributed by atoms with van der Waals surface area (Å²) in [5, 5.41) is 8.31. The third kappa shape index (κ3) is 5.34. The van der Waals surface area contributed by atoms with Gasteiger partial charge in [0.15, 0.2) is 11.0 Å². The first-order chi connectivity index (χ1) is 18.8. The van der Waals surface area contributed by atoms with Gasteiger partial charge >= 0.3 is 6.09 Å². The molecule has 1 spiro atoms. The molecule has 40 heavy (non-hydrogen) atoms. The molecule has 2 aliphatic heterocycles. The number of carbonyl (C=O) groups excluding carboxylic acids is 2. The van der Waals surface area contributed by atoms with Crippen LogP contribution in [-0.2, 0) is 16.5 Å². The molecular weight excluding hydrogens is 579 g/mol. The van der Waals surface area contributed by atoms with Crippen LogP contribution in [0.3, 0.4) is 0 Å². The molecule has 13 heteroatoms. The number of nitrogens with one attached hydrogen (secondary N) is 1. The number of piperidine rings is 1. The molecule has 0 saturated carbocycles. The van der Waals surface area contributed by atoms with Crippen molar-refractivity contribution < 1.29 is 19.1 Å². The van der Waals surface area contributed by atoms with Crippen LogP contribution in [0.5, 0.6) is 0 Å². The van der Waals surface area contributed by atoms with Crippen LogP contribution >= 0.6 is 34.8 Å². The highest BCUT2D eigenvalue weighted by Gasteiger charge is 2.47. The second-order valence-corrected chi connectivity index (χ2v) is 12.5. The number of halogens is 3. The Morgan fingerprint density at radius 2 is 1.85 bits per heavy atom. The maximum absolute atomic E-state index is 13.5. The Labute approximate surface area is 247 Å². The van der Waals surface area contributed by atoms with Crippen LogP contribution < -0.4 is 10.2 Å². The zero-order valence-corrected chi connectivity index (χ0v) is 25.2. The van der Waals surface area contributed by atoms with Crippen LogP contribution in [0, 0.1) is 12.3 Å². The van der Waals surface area contributed by atoms with Crippen molar-refractivity contribution in [2.45, 2.75) is 52.2 Å². The van der Waals surface area contributed by atoms with Crippen molar-refractivity contribution >= 4 is 63.4 Å². The smallest absolute Gasteiger partial charge is 0.407 e. The van der Waals surface area contributed by atoms with E-state index < -0.39 is 17.5 Å². The minimum absolute atomic E-state index is 0.00648. The van der Waals surface area contributed by atoms with Crippen molar-refractivity contribution in [1.29, 1.82) is 0 Å². The summed E-state index contributed by atoms with van der Waals surface area (Å²) in [7, 11) is 1.70. The van der Waals surface area contributed by atoms with Crippen molar-refractivity contribution in [1.82, 2.24) is 25.1 Å². The van der Waals surface area contributed by atoms with Crippen molar-refractivity contribution in [2.75, 3.05) is 31.2 Å². The number of nitrogens with zero attached hydrogens (tertiary/aromatic N) is 5. The lowest BCUT2D eigenvalue weighted by Crippen LogP contribution is -2.53. The molecule has 1 aromatic carbocycles. The van der Waals surface area contributed by atoms with Gasteiger partial charge in [-0.3, -0.25) is 9.48 Å². The molecule has 2 fully saturated rings. The summed E-state index contributed by atoms with van der Waals surface area (Å²) in [5.74, 6) is 0.166. The Bertz CT molecular complexity index is 1490. The molecular formula is C27H31Cl3N6O4. The van der Waals surface area contributed by atoms with Crippen molar-refractivity contribution in [3.8, 4) is 0 Å². The predicted octanol–water partition coefficient (Wildman–Crippen LogP) is 5.37. The number of aryl methyl sites for hydroxylation is 2. The third-order valence-corrected chi connectivity index (χ3v) is 8.58. The lowest BCUT2D eigenvalue weighted by Gasteiger charge is -2.42. The maximum Gasteiger partial charge on any atom is 0.407 e. The van der Waals surface area contributed by atoms with Gasteiger partial charge in [-0.05, 0) is 52.7 Å². The lowest BCUT2D eigenvalue weighted by atomic mass is 9.74. The molecule has 0 radical (unpaired) electrons. The van der Waals surface area contributed by atoms with Gasteiger partial charge in [-0.2, -0.15) is 5.10 Å². The average molecular weight is 610 g/mol. The number of amides is 1. The number of anilines is 1. The topological polar surface area (TPSA) is 111 Å². The number of aromatic nitrogens is 4. The number of carbonyl (C=O) groups is 2. The molecule has 3 aromatic rings. The van der Waals surface area contributed by atoms with E-state index in [1.807, 2.05) is 20.8 Å². The highest BCUT2D eigenvalue weighted by atomic mass is 35.5. The Morgan fingerprint density at radius 1 is 1.15 bits per heavy atom. The Kier molecular flexibility index (Phi) is 7.67. The van der Waals surface area contributed by atoms with Crippen LogP contribution in [-0.4, -0.2) is 69.6 Å². The van der Waals surface area contributed by atoms with Crippen molar-refractivity contribution in [3.63, 3.8) is 0 Å². The normalized spacial score (nSPS) is 18.9. The van der Waals surface area contributed by atoms with Gasteiger partial charge in [0, 0.05) is 31.1 Å². The first-order valence-corrected chi connectivity index (χ1v) is 14.1. The van der Waals surface area contributed by atoms with E-state index >= 15 is 0 Å². The number of ether oxygens (including phenoxy) is 2. The fraction of sp³-hybridized carbons (Fsp3) is 0.519. The van der Waals surface area contributed by atoms with E-state index in [2.05, 4.69) is 25.3 Å². The molecule has 0 bridgehead atoms. The van der Waals surface area contributed by atoms with E-state index in [0.717, 1.165) is 12.8 Å². The Balaban J connectivity index is 1.33. The van der Waals surface area contributed by atoms with E-state index in [9.17, 15) is 9.59 Å².